The van der Waals surface area contributed by atoms with E-state index in [1.54, 1.807) is 6.07 Å². The number of ether oxygens (including phenoxy) is 2. The van der Waals surface area contributed by atoms with Gasteiger partial charge in [0, 0.05) is 44.7 Å². The maximum Gasteiger partial charge on any atom is 0.272 e. The first-order valence-corrected chi connectivity index (χ1v) is 10.4. The fraction of sp³-hybridized carbons (Fsp3) is 0.500. The molecule has 7 nitrogen and oxygen atoms in total. The van der Waals surface area contributed by atoms with Gasteiger partial charge in [0.15, 0.2) is 5.79 Å². The molecule has 7 heteroatoms. The van der Waals surface area contributed by atoms with Crippen molar-refractivity contribution in [3.63, 3.8) is 0 Å². The van der Waals surface area contributed by atoms with Crippen molar-refractivity contribution < 1.29 is 14.3 Å². The van der Waals surface area contributed by atoms with E-state index in [9.17, 15) is 4.79 Å². The molecule has 1 aromatic heterocycles. The van der Waals surface area contributed by atoms with Crippen LogP contribution in [0.3, 0.4) is 0 Å². The highest BCUT2D eigenvalue weighted by atomic mass is 16.7. The van der Waals surface area contributed by atoms with Crippen LogP contribution in [0.5, 0.6) is 0 Å². The summed E-state index contributed by atoms with van der Waals surface area (Å²) in [6.45, 7) is 6.12. The van der Waals surface area contributed by atoms with Crippen molar-refractivity contribution >= 4 is 11.9 Å². The minimum Gasteiger partial charge on any atom is -0.347 e. The van der Waals surface area contributed by atoms with Crippen LogP contribution in [0.4, 0.5) is 5.95 Å². The lowest BCUT2D eigenvalue weighted by Gasteiger charge is -2.37. The lowest BCUT2D eigenvalue weighted by Crippen LogP contribution is -2.46. The van der Waals surface area contributed by atoms with Crippen molar-refractivity contribution in [2.45, 2.75) is 38.5 Å². The SMILES string of the molecule is Cc1cc(C(=O)N2CCc3ccccc3C2)nc(N2CCC3(CC2)OCCO3)n1. The third-order valence-corrected chi connectivity index (χ3v) is 6.10. The number of benzene rings is 1. The summed E-state index contributed by atoms with van der Waals surface area (Å²) in [7, 11) is 0. The standard InChI is InChI=1S/C22H26N4O3/c1-16-14-19(20(27)26-9-6-17-4-2-3-5-18(17)15-26)24-21(23-16)25-10-7-22(8-11-25)28-12-13-29-22/h2-5,14H,6-13,15H2,1H3. The third kappa shape index (κ3) is 3.60. The highest BCUT2D eigenvalue weighted by molar-refractivity contribution is 5.92. The van der Waals surface area contributed by atoms with Gasteiger partial charge < -0.3 is 19.3 Å². The summed E-state index contributed by atoms with van der Waals surface area (Å²) in [5, 5.41) is 0. The maximum atomic E-state index is 13.2. The summed E-state index contributed by atoms with van der Waals surface area (Å²) in [6, 6.07) is 10.1. The molecule has 152 valence electrons. The fourth-order valence-electron chi connectivity index (χ4n) is 4.47. The van der Waals surface area contributed by atoms with Crippen LogP contribution in [0.2, 0.25) is 0 Å². The molecule has 0 saturated carbocycles. The number of amides is 1. The van der Waals surface area contributed by atoms with Gasteiger partial charge in [-0.2, -0.15) is 0 Å². The van der Waals surface area contributed by atoms with Crippen molar-refractivity contribution in [2.24, 2.45) is 0 Å². The van der Waals surface area contributed by atoms with Gasteiger partial charge in [0.05, 0.1) is 13.2 Å². The van der Waals surface area contributed by atoms with Crippen LogP contribution >= 0.6 is 0 Å². The number of nitrogens with zero attached hydrogens (tertiary/aromatic N) is 4. The Bertz CT molecular complexity index is 916. The van der Waals surface area contributed by atoms with Gasteiger partial charge >= 0.3 is 0 Å². The molecular formula is C22H26N4O3. The first-order chi connectivity index (χ1) is 14.1. The second kappa shape index (κ2) is 7.39. The Morgan fingerprint density at radius 2 is 1.76 bits per heavy atom. The molecule has 0 unspecified atom stereocenters. The van der Waals surface area contributed by atoms with Crippen LogP contribution in [-0.2, 0) is 22.4 Å². The number of fused-ring (bicyclic) bond motifs is 1. The number of aromatic nitrogens is 2. The minimum absolute atomic E-state index is 0.0257. The Labute approximate surface area is 170 Å². The number of hydrogen-bond donors (Lipinski definition) is 0. The van der Waals surface area contributed by atoms with E-state index in [-0.39, 0.29) is 5.91 Å². The van der Waals surface area contributed by atoms with Crippen LogP contribution in [0.25, 0.3) is 0 Å². The molecule has 3 aliphatic rings. The average Bonchev–Trinajstić information content (AvgIpc) is 3.21. The van der Waals surface area contributed by atoms with Gasteiger partial charge in [-0.1, -0.05) is 24.3 Å². The molecule has 1 spiro atoms. The number of hydrogen-bond acceptors (Lipinski definition) is 6. The number of piperidine rings is 1. The van der Waals surface area contributed by atoms with E-state index in [0.29, 0.717) is 31.4 Å². The van der Waals surface area contributed by atoms with Crippen molar-refractivity contribution in [3.05, 3.63) is 52.8 Å². The van der Waals surface area contributed by atoms with Crippen LogP contribution < -0.4 is 4.90 Å². The summed E-state index contributed by atoms with van der Waals surface area (Å²) in [6.07, 6.45) is 2.46. The molecule has 29 heavy (non-hydrogen) atoms. The van der Waals surface area contributed by atoms with Crippen LogP contribution in [0, 0.1) is 6.92 Å². The van der Waals surface area contributed by atoms with E-state index in [1.165, 1.54) is 11.1 Å². The lowest BCUT2D eigenvalue weighted by molar-refractivity contribution is -0.169. The van der Waals surface area contributed by atoms with Gasteiger partial charge in [0.2, 0.25) is 5.95 Å². The molecule has 2 saturated heterocycles. The highest BCUT2D eigenvalue weighted by Crippen LogP contribution is 2.32. The second-order valence-electron chi connectivity index (χ2n) is 8.03. The lowest BCUT2D eigenvalue weighted by atomic mass is 10.00. The quantitative estimate of drug-likeness (QED) is 0.779. The van der Waals surface area contributed by atoms with Crippen molar-refractivity contribution in [2.75, 3.05) is 37.7 Å². The maximum absolute atomic E-state index is 13.2. The van der Waals surface area contributed by atoms with E-state index in [0.717, 1.165) is 44.6 Å². The van der Waals surface area contributed by atoms with E-state index in [2.05, 4.69) is 33.1 Å². The van der Waals surface area contributed by atoms with E-state index in [4.69, 9.17) is 9.47 Å². The summed E-state index contributed by atoms with van der Waals surface area (Å²) in [5.74, 6) is 0.168. The molecule has 1 amide bonds. The summed E-state index contributed by atoms with van der Waals surface area (Å²) < 4.78 is 11.6. The molecular weight excluding hydrogens is 368 g/mol. The number of carbonyl (C=O) groups is 1. The largest absolute Gasteiger partial charge is 0.347 e. The van der Waals surface area contributed by atoms with E-state index < -0.39 is 5.79 Å². The van der Waals surface area contributed by atoms with Gasteiger partial charge in [0.1, 0.15) is 5.69 Å². The smallest absolute Gasteiger partial charge is 0.272 e. The number of rotatable bonds is 2. The molecule has 0 N–H and O–H groups in total. The molecule has 2 aromatic rings. The first-order valence-electron chi connectivity index (χ1n) is 10.4. The van der Waals surface area contributed by atoms with Crippen molar-refractivity contribution in [1.29, 1.82) is 0 Å². The normalized spacial score (nSPS) is 20.7. The zero-order valence-corrected chi connectivity index (χ0v) is 16.8. The monoisotopic (exact) mass is 394 g/mol. The van der Waals surface area contributed by atoms with Gasteiger partial charge in [-0.15, -0.1) is 0 Å². The molecule has 0 radical (unpaired) electrons. The van der Waals surface area contributed by atoms with Crippen molar-refractivity contribution in [1.82, 2.24) is 14.9 Å². The number of anilines is 1. The van der Waals surface area contributed by atoms with Crippen molar-refractivity contribution in [3.8, 4) is 0 Å². The Morgan fingerprint density at radius 1 is 1.03 bits per heavy atom. The number of aryl methyl sites for hydroxylation is 1. The molecule has 5 rings (SSSR count). The van der Waals surface area contributed by atoms with Gasteiger partial charge in [-0.3, -0.25) is 4.79 Å². The summed E-state index contributed by atoms with van der Waals surface area (Å²) in [4.78, 5) is 26.4. The van der Waals surface area contributed by atoms with Gasteiger partial charge in [-0.05, 0) is 30.5 Å². The predicted molar refractivity (Wildman–Crippen MR) is 108 cm³/mol. The zero-order valence-electron chi connectivity index (χ0n) is 16.8. The first kappa shape index (κ1) is 18.5. The minimum atomic E-state index is -0.430. The molecule has 3 aliphatic heterocycles. The third-order valence-electron chi connectivity index (χ3n) is 6.10. The summed E-state index contributed by atoms with van der Waals surface area (Å²) in [5.41, 5.74) is 3.83. The molecule has 0 atom stereocenters. The van der Waals surface area contributed by atoms with Gasteiger partial charge in [0.25, 0.3) is 5.91 Å². The molecule has 1 aromatic carbocycles. The zero-order chi connectivity index (χ0) is 19.8. The van der Waals surface area contributed by atoms with Gasteiger partial charge in [-0.25, -0.2) is 9.97 Å². The molecule has 0 bridgehead atoms. The van der Waals surface area contributed by atoms with Crippen LogP contribution in [-0.4, -0.2) is 59.4 Å². The molecule has 0 aliphatic carbocycles. The molecule has 2 fully saturated rings. The molecule has 4 heterocycles. The number of carbonyl (C=O) groups excluding carboxylic acids is 1. The Morgan fingerprint density at radius 3 is 2.52 bits per heavy atom. The Balaban J connectivity index is 1.33. The summed E-state index contributed by atoms with van der Waals surface area (Å²) >= 11 is 0. The second-order valence-corrected chi connectivity index (χ2v) is 8.03. The fourth-order valence-corrected chi connectivity index (χ4v) is 4.47. The van der Waals surface area contributed by atoms with Crippen LogP contribution in [0.1, 0.15) is 40.2 Å². The average molecular weight is 394 g/mol. The highest BCUT2D eigenvalue weighted by Gasteiger charge is 2.40. The van der Waals surface area contributed by atoms with Crippen LogP contribution in [0.15, 0.2) is 30.3 Å². The van der Waals surface area contributed by atoms with E-state index in [1.807, 2.05) is 17.9 Å². The predicted octanol–water partition coefficient (Wildman–Crippen LogP) is 2.33. The topological polar surface area (TPSA) is 67.8 Å². The van der Waals surface area contributed by atoms with E-state index >= 15 is 0 Å². The Hall–Kier alpha value is -2.51. The Kier molecular flexibility index (Phi) is 4.72.